The van der Waals surface area contributed by atoms with Crippen molar-refractivity contribution in [2.24, 2.45) is 0 Å². The first-order valence-corrected chi connectivity index (χ1v) is 3.30. The molecule has 1 aliphatic rings. The number of hydrogen-bond donors (Lipinski definition) is 0. The van der Waals surface area contributed by atoms with Gasteiger partial charge in [0.05, 0.1) is 0 Å². The molecule has 0 aliphatic carbocycles. The lowest BCUT2D eigenvalue weighted by Gasteiger charge is -2.20. The Bertz CT molecular complexity index is 89.0. The van der Waals surface area contributed by atoms with E-state index in [9.17, 15) is 0 Å². The average molecular weight is 147 g/mol. The van der Waals surface area contributed by atoms with E-state index in [4.69, 9.17) is 14.3 Å². The molecule has 1 atom stereocenters. The van der Waals surface area contributed by atoms with Gasteiger partial charge in [-0.25, -0.2) is 0 Å². The van der Waals surface area contributed by atoms with E-state index < -0.39 is 0 Å². The van der Waals surface area contributed by atoms with E-state index in [1.165, 1.54) is 0 Å². The monoisotopic (exact) mass is 147 g/mol. The molecule has 1 saturated heterocycles. The second kappa shape index (κ2) is 3.88. The van der Waals surface area contributed by atoms with E-state index in [0.717, 1.165) is 6.54 Å². The summed E-state index contributed by atoms with van der Waals surface area (Å²) >= 11 is 0. The lowest BCUT2D eigenvalue weighted by Crippen LogP contribution is -2.46. The van der Waals surface area contributed by atoms with Crippen LogP contribution in [0.4, 0.5) is 0 Å². The molecule has 59 valence electrons. The summed E-state index contributed by atoms with van der Waals surface area (Å²) in [6, 6.07) is 0. The molecule has 0 amide bonds. The SMILES string of the molecule is COC1C[N+](OC)CCO1. The van der Waals surface area contributed by atoms with Gasteiger partial charge in [-0.2, -0.15) is 4.84 Å². The Labute approximate surface area is 60.6 Å². The molecule has 1 aliphatic heterocycles. The largest absolute Gasteiger partial charge is 0.351 e. The van der Waals surface area contributed by atoms with Crippen molar-refractivity contribution in [3.63, 3.8) is 0 Å². The third-order valence-electron chi connectivity index (χ3n) is 1.52. The van der Waals surface area contributed by atoms with Crippen LogP contribution in [-0.4, -0.2) is 40.2 Å². The minimum Gasteiger partial charge on any atom is -0.351 e. The van der Waals surface area contributed by atoms with Gasteiger partial charge in [0.25, 0.3) is 0 Å². The van der Waals surface area contributed by atoms with E-state index in [1.54, 1.807) is 14.2 Å². The number of methoxy groups -OCH3 is 1. The van der Waals surface area contributed by atoms with Crippen molar-refractivity contribution in [2.75, 3.05) is 33.9 Å². The van der Waals surface area contributed by atoms with Gasteiger partial charge in [0.2, 0.25) is 12.8 Å². The van der Waals surface area contributed by atoms with Gasteiger partial charge in [0.15, 0.2) is 6.54 Å². The van der Waals surface area contributed by atoms with E-state index in [0.29, 0.717) is 13.2 Å². The average Bonchev–Trinajstić information content (AvgIpc) is 2.05. The number of hydrogen-bond acceptors (Lipinski definition) is 4. The van der Waals surface area contributed by atoms with Crippen LogP contribution in [0.25, 0.3) is 0 Å². The Kier molecular flexibility index (Phi) is 3.08. The van der Waals surface area contributed by atoms with Crippen LogP contribution in [-0.2, 0) is 14.3 Å². The summed E-state index contributed by atoms with van der Waals surface area (Å²) in [4.78, 5) is 5.00. The minimum atomic E-state index is -0.131. The van der Waals surface area contributed by atoms with Crippen molar-refractivity contribution < 1.29 is 14.3 Å². The Balaban J connectivity index is 2.25. The molecule has 1 heterocycles. The van der Waals surface area contributed by atoms with Crippen LogP contribution >= 0.6 is 0 Å². The van der Waals surface area contributed by atoms with Crippen molar-refractivity contribution in [3.05, 3.63) is 0 Å². The van der Waals surface area contributed by atoms with E-state index in [1.807, 2.05) is 5.06 Å². The summed E-state index contributed by atoms with van der Waals surface area (Å²) in [6.45, 7) is 2.18. The smallest absolute Gasteiger partial charge is 0.215 e. The second-order valence-electron chi connectivity index (χ2n) is 2.11. The zero-order valence-electron chi connectivity index (χ0n) is 6.37. The summed E-state index contributed by atoms with van der Waals surface area (Å²) in [7, 11) is 3.28. The maximum Gasteiger partial charge on any atom is 0.215 e. The first kappa shape index (κ1) is 7.94. The standard InChI is InChI=1S/C6H13NO3/c1-8-6-5-7(9-2)3-4-10-6/h6H,3-5H2,1-2H3/q+1. The lowest BCUT2D eigenvalue weighted by molar-refractivity contribution is -0.200. The Morgan fingerprint density at radius 3 is 2.90 bits per heavy atom. The van der Waals surface area contributed by atoms with E-state index in [2.05, 4.69) is 0 Å². The Hall–Kier alpha value is -0.160. The van der Waals surface area contributed by atoms with Gasteiger partial charge in [0, 0.05) is 12.2 Å². The van der Waals surface area contributed by atoms with Gasteiger partial charge < -0.3 is 9.47 Å². The van der Waals surface area contributed by atoms with Crippen LogP contribution in [0, 0.1) is 0 Å². The van der Waals surface area contributed by atoms with Crippen molar-refractivity contribution in [2.45, 2.75) is 6.29 Å². The van der Waals surface area contributed by atoms with Gasteiger partial charge in [-0.1, -0.05) is 0 Å². The van der Waals surface area contributed by atoms with Crippen LogP contribution in [0.2, 0.25) is 0 Å². The molecule has 0 spiro atoms. The molecule has 4 heteroatoms. The normalized spacial score (nSPS) is 28.8. The molecule has 1 unspecified atom stereocenters. The number of rotatable bonds is 2. The van der Waals surface area contributed by atoms with Gasteiger partial charge in [-0.3, -0.25) is 0 Å². The minimum absolute atomic E-state index is 0.131. The molecule has 1 radical (unpaired) electrons. The number of hydroxylamine groups is 2. The van der Waals surface area contributed by atoms with Crippen molar-refractivity contribution >= 4 is 0 Å². The summed E-state index contributed by atoms with van der Waals surface area (Å²) in [5.74, 6) is 0. The molecule has 0 aromatic rings. The molecule has 1 fully saturated rings. The predicted octanol–water partition coefficient (Wildman–Crippen LogP) is -0.309. The van der Waals surface area contributed by atoms with Gasteiger partial charge in [-0.05, 0) is 0 Å². The molecule has 0 aromatic heterocycles. The molecular formula is C6H13NO3+. The topological polar surface area (TPSA) is 33.6 Å². The highest BCUT2D eigenvalue weighted by atomic mass is 16.7. The fraction of sp³-hybridized carbons (Fsp3) is 1.00. The molecule has 1 rings (SSSR count). The maximum absolute atomic E-state index is 5.22. The first-order valence-electron chi connectivity index (χ1n) is 3.30. The zero-order valence-corrected chi connectivity index (χ0v) is 6.37. The van der Waals surface area contributed by atoms with Crippen molar-refractivity contribution in [1.82, 2.24) is 5.06 Å². The third-order valence-corrected chi connectivity index (χ3v) is 1.52. The van der Waals surface area contributed by atoms with Gasteiger partial charge in [0.1, 0.15) is 13.7 Å². The molecule has 0 saturated carbocycles. The van der Waals surface area contributed by atoms with E-state index in [-0.39, 0.29) is 6.29 Å². The molecule has 10 heavy (non-hydrogen) atoms. The Morgan fingerprint density at radius 1 is 1.50 bits per heavy atom. The van der Waals surface area contributed by atoms with Crippen LogP contribution in [0.3, 0.4) is 0 Å². The number of ether oxygens (including phenoxy) is 2. The highest BCUT2D eigenvalue weighted by molar-refractivity contribution is 4.61. The molecule has 4 nitrogen and oxygen atoms in total. The van der Waals surface area contributed by atoms with Crippen molar-refractivity contribution in [1.29, 1.82) is 0 Å². The van der Waals surface area contributed by atoms with Crippen LogP contribution in [0.15, 0.2) is 0 Å². The lowest BCUT2D eigenvalue weighted by atomic mass is 10.5. The Morgan fingerprint density at radius 2 is 2.30 bits per heavy atom. The van der Waals surface area contributed by atoms with Crippen LogP contribution in [0.5, 0.6) is 0 Å². The maximum atomic E-state index is 5.22. The summed E-state index contributed by atoms with van der Waals surface area (Å²) in [5.41, 5.74) is 0. The summed E-state index contributed by atoms with van der Waals surface area (Å²) in [5, 5.41) is 1.82. The molecule has 0 N–H and O–H groups in total. The molecule has 0 bridgehead atoms. The fourth-order valence-corrected chi connectivity index (χ4v) is 0.905. The van der Waals surface area contributed by atoms with Crippen molar-refractivity contribution in [3.8, 4) is 0 Å². The number of nitrogens with zero attached hydrogens (tertiary/aromatic N) is 1. The number of morpholine rings is 1. The van der Waals surface area contributed by atoms with Crippen LogP contribution in [0.1, 0.15) is 0 Å². The molecular weight excluding hydrogens is 134 g/mol. The predicted molar refractivity (Wildman–Crippen MR) is 35.6 cm³/mol. The quantitative estimate of drug-likeness (QED) is 0.502. The fourth-order valence-electron chi connectivity index (χ4n) is 0.905. The third kappa shape index (κ3) is 1.91. The second-order valence-corrected chi connectivity index (χ2v) is 2.11. The molecule has 0 aromatic carbocycles. The highest BCUT2D eigenvalue weighted by Crippen LogP contribution is 2.01. The first-order chi connectivity index (χ1) is 4.86. The van der Waals surface area contributed by atoms with Gasteiger partial charge in [-0.15, -0.1) is 0 Å². The zero-order chi connectivity index (χ0) is 7.40. The highest BCUT2D eigenvalue weighted by Gasteiger charge is 2.28. The van der Waals surface area contributed by atoms with Gasteiger partial charge >= 0.3 is 0 Å². The summed E-state index contributed by atoms with van der Waals surface area (Å²) in [6.07, 6.45) is -0.131. The van der Waals surface area contributed by atoms with E-state index >= 15 is 0 Å². The van der Waals surface area contributed by atoms with Crippen LogP contribution < -0.4 is 5.06 Å². The summed E-state index contributed by atoms with van der Waals surface area (Å²) < 4.78 is 10.2.